The number of nitrogens with zero attached hydrogens (tertiary/aromatic N) is 4. The number of para-hydroxylation sites is 1. The van der Waals surface area contributed by atoms with E-state index in [-0.39, 0.29) is 17.7 Å². The van der Waals surface area contributed by atoms with Crippen LogP contribution in [0.25, 0.3) is 27.9 Å². The Kier molecular flexibility index (Phi) is 5.44. The van der Waals surface area contributed by atoms with Gasteiger partial charge in [-0.15, -0.1) is 0 Å². The van der Waals surface area contributed by atoms with E-state index >= 15 is 0 Å². The minimum absolute atomic E-state index is 0.0300. The van der Waals surface area contributed by atoms with E-state index in [1.165, 1.54) is 0 Å². The lowest BCUT2D eigenvalue weighted by molar-refractivity contribution is -0.120. The van der Waals surface area contributed by atoms with Gasteiger partial charge in [0.25, 0.3) is 0 Å². The van der Waals surface area contributed by atoms with Crippen molar-refractivity contribution in [2.24, 2.45) is 5.92 Å². The van der Waals surface area contributed by atoms with Crippen molar-refractivity contribution in [1.82, 2.24) is 19.4 Å². The van der Waals surface area contributed by atoms with E-state index in [0.717, 1.165) is 76.4 Å². The van der Waals surface area contributed by atoms with Crippen LogP contribution in [0.4, 0.5) is 11.5 Å². The number of furan rings is 1. The molecule has 1 aromatic carbocycles. The van der Waals surface area contributed by atoms with Crippen LogP contribution in [0.1, 0.15) is 48.7 Å². The fraction of sp³-hybridized carbons (Fsp3) is 0.286. The van der Waals surface area contributed by atoms with Gasteiger partial charge in [0.15, 0.2) is 5.76 Å². The highest BCUT2D eigenvalue weighted by molar-refractivity contribution is 5.93. The molecule has 1 aliphatic rings. The van der Waals surface area contributed by atoms with Gasteiger partial charge in [0.1, 0.15) is 28.4 Å². The molecular formula is C28H28N6O2. The number of fused-ring (bicyclic) bond motifs is 2. The summed E-state index contributed by atoms with van der Waals surface area (Å²) < 4.78 is 8.29. The molecule has 36 heavy (non-hydrogen) atoms. The zero-order valence-corrected chi connectivity index (χ0v) is 20.4. The first-order valence-corrected chi connectivity index (χ1v) is 12.3. The summed E-state index contributed by atoms with van der Waals surface area (Å²) in [4.78, 5) is 26.6. The Balaban J connectivity index is 1.28. The average molecular weight is 481 g/mol. The highest BCUT2D eigenvalue weighted by Crippen LogP contribution is 2.41. The largest absolute Gasteiger partial charge is 0.454 e. The number of nitrogens with two attached hydrogens (primary N) is 1. The van der Waals surface area contributed by atoms with Crippen molar-refractivity contribution in [3.05, 3.63) is 72.1 Å². The van der Waals surface area contributed by atoms with Gasteiger partial charge in [0.2, 0.25) is 5.91 Å². The number of aromatic nitrogens is 4. The third-order valence-electron chi connectivity index (χ3n) is 7.31. The number of carbonyl (C=O) groups excluding carboxylic acids is 1. The van der Waals surface area contributed by atoms with Crippen molar-refractivity contribution in [2.45, 2.75) is 45.4 Å². The molecule has 0 aliphatic heterocycles. The molecule has 4 heterocycles. The zero-order valence-electron chi connectivity index (χ0n) is 20.4. The first-order chi connectivity index (χ1) is 17.5. The molecule has 1 amide bonds. The minimum atomic E-state index is -0.0300. The Morgan fingerprint density at radius 1 is 1.08 bits per heavy atom. The molecule has 4 aromatic heterocycles. The summed E-state index contributed by atoms with van der Waals surface area (Å²) in [5.74, 6) is 2.32. The van der Waals surface area contributed by atoms with Crippen LogP contribution in [0.2, 0.25) is 0 Å². The fourth-order valence-corrected chi connectivity index (χ4v) is 5.33. The van der Waals surface area contributed by atoms with E-state index < -0.39 is 0 Å². The van der Waals surface area contributed by atoms with E-state index in [1.54, 1.807) is 12.4 Å². The Morgan fingerprint density at radius 2 is 1.89 bits per heavy atom. The topological polar surface area (TPSA) is 111 Å². The van der Waals surface area contributed by atoms with E-state index in [4.69, 9.17) is 15.1 Å². The number of hydrogen-bond acceptors (Lipinski definition) is 6. The van der Waals surface area contributed by atoms with Crippen molar-refractivity contribution < 1.29 is 9.21 Å². The van der Waals surface area contributed by atoms with Gasteiger partial charge < -0.3 is 15.5 Å². The molecule has 1 fully saturated rings. The molecule has 0 unspecified atom stereocenters. The van der Waals surface area contributed by atoms with Gasteiger partial charge in [0, 0.05) is 40.9 Å². The monoisotopic (exact) mass is 480 g/mol. The van der Waals surface area contributed by atoms with E-state index in [0.29, 0.717) is 5.82 Å². The predicted octanol–water partition coefficient (Wildman–Crippen LogP) is 5.65. The van der Waals surface area contributed by atoms with Crippen LogP contribution in [0.5, 0.6) is 0 Å². The maximum atomic E-state index is 12.9. The molecular weight excluding hydrogens is 452 g/mol. The van der Waals surface area contributed by atoms with Crippen LogP contribution in [-0.4, -0.2) is 25.3 Å². The van der Waals surface area contributed by atoms with Crippen molar-refractivity contribution in [2.75, 3.05) is 11.1 Å². The second-order valence-electron chi connectivity index (χ2n) is 9.63. The number of anilines is 2. The van der Waals surface area contributed by atoms with Crippen LogP contribution < -0.4 is 11.1 Å². The second kappa shape index (κ2) is 8.78. The number of nitrogens with one attached hydrogen (secondary N) is 1. The van der Waals surface area contributed by atoms with Gasteiger partial charge in [-0.25, -0.2) is 9.97 Å². The fourth-order valence-electron chi connectivity index (χ4n) is 5.33. The van der Waals surface area contributed by atoms with Crippen LogP contribution >= 0.6 is 0 Å². The second-order valence-corrected chi connectivity index (χ2v) is 9.63. The van der Waals surface area contributed by atoms with Gasteiger partial charge in [-0.2, -0.15) is 0 Å². The summed E-state index contributed by atoms with van der Waals surface area (Å²) in [5.41, 5.74) is 11.4. The van der Waals surface area contributed by atoms with Gasteiger partial charge in [-0.05, 0) is 57.7 Å². The highest BCUT2D eigenvalue weighted by Gasteiger charge is 2.31. The Hall–Kier alpha value is -4.20. The van der Waals surface area contributed by atoms with Crippen molar-refractivity contribution in [1.29, 1.82) is 0 Å². The first kappa shape index (κ1) is 22.3. The zero-order chi connectivity index (χ0) is 24.8. The lowest BCUT2D eigenvalue weighted by Crippen LogP contribution is -2.27. The minimum Gasteiger partial charge on any atom is -0.454 e. The van der Waals surface area contributed by atoms with Gasteiger partial charge in [-0.1, -0.05) is 18.2 Å². The van der Waals surface area contributed by atoms with Crippen molar-refractivity contribution in [3.8, 4) is 11.5 Å². The van der Waals surface area contributed by atoms with Crippen LogP contribution in [0.3, 0.4) is 0 Å². The Bertz CT molecular complexity index is 1580. The molecule has 0 spiro atoms. The Labute approximate surface area is 208 Å². The first-order valence-electron chi connectivity index (χ1n) is 12.3. The smallest absolute Gasteiger partial charge is 0.227 e. The number of carbonyl (C=O) groups is 1. The lowest BCUT2D eigenvalue weighted by Gasteiger charge is -2.27. The number of aryl methyl sites for hydroxylation is 2. The lowest BCUT2D eigenvalue weighted by atomic mass is 9.81. The quantitative estimate of drug-likeness (QED) is 0.344. The van der Waals surface area contributed by atoms with Gasteiger partial charge in [-0.3, -0.25) is 14.2 Å². The van der Waals surface area contributed by atoms with Gasteiger partial charge in [0.05, 0.1) is 11.9 Å². The summed E-state index contributed by atoms with van der Waals surface area (Å²) in [6.45, 7) is 3.97. The molecule has 0 saturated heterocycles. The number of nitrogen functional groups attached to an aromatic ring is 1. The van der Waals surface area contributed by atoms with Crippen LogP contribution in [0.15, 0.2) is 59.4 Å². The number of amides is 1. The SMILES string of the molecule is Cc1ccc(NC(=O)[C@H]2CC[C@H](c3nc(-c4oc5ccccc5c4C)c4c(N)nccn43)CC2)cn1. The van der Waals surface area contributed by atoms with E-state index in [2.05, 4.69) is 21.4 Å². The summed E-state index contributed by atoms with van der Waals surface area (Å²) in [7, 11) is 0. The van der Waals surface area contributed by atoms with Crippen molar-refractivity contribution >= 4 is 33.9 Å². The molecule has 182 valence electrons. The number of rotatable bonds is 4. The standard InChI is InChI=1S/C28H28N6O2/c1-16-7-12-20(15-31-16)32-28(35)19-10-8-18(9-11-19)27-33-23(24-26(29)30-13-14-34(24)27)25-17(2)21-5-3-4-6-22(21)36-25/h3-7,12-15,18-19H,8-11H2,1-2H3,(H2,29,30)(H,32,35)/t18-,19-. The molecule has 5 aromatic rings. The molecule has 0 radical (unpaired) electrons. The number of benzene rings is 1. The van der Waals surface area contributed by atoms with E-state index in [1.807, 2.05) is 54.8 Å². The maximum Gasteiger partial charge on any atom is 0.227 e. The summed E-state index contributed by atoms with van der Waals surface area (Å²) in [6.07, 6.45) is 8.65. The Morgan fingerprint density at radius 3 is 2.64 bits per heavy atom. The molecule has 8 heteroatoms. The molecule has 3 N–H and O–H groups in total. The summed E-state index contributed by atoms with van der Waals surface area (Å²) in [6, 6.07) is 11.8. The normalized spacial score (nSPS) is 18.1. The highest BCUT2D eigenvalue weighted by atomic mass is 16.3. The predicted molar refractivity (Wildman–Crippen MR) is 140 cm³/mol. The number of imidazole rings is 1. The number of hydrogen-bond donors (Lipinski definition) is 2. The molecule has 0 bridgehead atoms. The maximum absolute atomic E-state index is 12.9. The van der Waals surface area contributed by atoms with E-state index in [9.17, 15) is 4.79 Å². The van der Waals surface area contributed by atoms with Gasteiger partial charge >= 0.3 is 0 Å². The third kappa shape index (κ3) is 3.79. The van der Waals surface area contributed by atoms with Crippen molar-refractivity contribution in [3.63, 3.8) is 0 Å². The molecule has 8 nitrogen and oxygen atoms in total. The summed E-state index contributed by atoms with van der Waals surface area (Å²) >= 11 is 0. The number of pyridine rings is 1. The molecule has 0 atom stereocenters. The third-order valence-corrected chi connectivity index (χ3v) is 7.31. The molecule has 6 rings (SSSR count). The average Bonchev–Trinajstić information content (AvgIpc) is 3.44. The van der Waals surface area contributed by atoms with Crippen LogP contribution in [0, 0.1) is 19.8 Å². The molecule has 1 aliphatic carbocycles. The summed E-state index contributed by atoms with van der Waals surface area (Å²) in [5, 5.41) is 4.08. The molecule has 1 saturated carbocycles. The van der Waals surface area contributed by atoms with Crippen LogP contribution in [-0.2, 0) is 4.79 Å².